The number of nitrogens with one attached hydrogen (secondary N) is 1. The Morgan fingerprint density at radius 1 is 1.12 bits per heavy atom. The zero-order valence-electron chi connectivity index (χ0n) is 15.9. The van der Waals surface area contributed by atoms with E-state index in [1.54, 1.807) is 24.3 Å². The summed E-state index contributed by atoms with van der Waals surface area (Å²) in [6, 6.07) is 6.51. The van der Waals surface area contributed by atoms with Crippen LogP contribution in [0.15, 0.2) is 24.3 Å². The van der Waals surface area contributed by atoms with E-state index in [9.17, 15) is 9.59 Å². The lowest BCUT2D eigenvalue weighted by Gasteiger charge is -2.24. The molecule has 1 aromatic carbocycles. The largest absolute Gasteiger partial charge is 0.491 e. The molecule has 140 valence electrons. The molecule has 0 saturated heterocycles. The van der Waals surface area contributed by atoms with Crippen molar-refractivity contribution in [2.75, 3.05) is 13.7 Å². The zero-order chi connectivity index (χ0) is 19.0. The van der Waals surface area contributed by atoms with Gasteiger partial charge in [-0.15, -0.1) is 0 Å². The topological polar surface area (TPSA) is 73.9 Å². The molecule has 1 N–H and O–H groups in total. The molecule has 6 heteroatoms. The number of ether oxygens (including phenoxy) is 3. The van der Waals surface area contributed by atoms with Crippen LogP contribution in [-0.4, -0.2) is 37.4 Å². The molecule has 0 saturated carbocycles. The van der Waals surface area contributed by atoms with Gasteiger partial charge in [0.25, 0.3) is 0 Å². The number of carbonyl (C=O) groups is 2. The van der Waals surface area contributed by atoms with Gasteiger partial charge in [-0.3, -0.25) is 0 Å². The molecule has 6 nitrogen and oxygen atoms in total. The number of methoxy groups -OCH3 is 1. The Kier molecular flexibility index (Phi) is 7.74. The van der Waals surface area contributed by atoms with Gasteiger partial charge in [0, 0.05) is 0 Å². The first-order valence-electron chi connectivity index (χ1n) is 8.41. The molecule has 0 aliphatic carbocycles. The third-order valence-corrected chi connectivity index (χ3v) is 3.20. The van der Waals surface area contributed by atoms with Crippen molar-refractivity contribution in [1.29, 1.82) is 0 Å². The number of benzene rings is 1. The molecule has 1 atom stereocenters. The van der Waals surface area contributed by atoms with Crippen molar-refractivity contribution in [3.63, 3.8) is 0 Å². The summed E-state index contributed by atoms with van der Waals surface area (Å²) in [4.78, 5) is 23.4. The third kappa shape index (κ3) is 8.42. The van der Waals surface area contributed by atoms with Crippen LogP contribution in [0, 0.1) is 5.92 Å². The number of carbonyl (C=O) groups excluding carboxylic acids is 2. The van der Waals surface area contributed by atoms with Crippen molar-refractivity contribution in [3.05, 3.63) is 29.8 Å². The van der Waals surface area contributed by atoms with Crippen molar-refractivity contribution < 1.29 is 23.8 Å². The van der Waals surface area contributed by atoms with Gasteiger partial charge < -0.3 is 19.5 Å². The number of rotatable bonds is 7. The van der Waals surface area contributed by atoms with Crippen LogP contribution in [0.4, 0.5) is 4.79 Å². The molecule has 0 bridgehead atoms. The van der Waals surface area contributed by atoms with Gasteiger partial charge in [-0.2, -0.15) is 0 Å². The van der Waals surface area contributed by atoms with Crippen molar-refractivity contribution in [2.24, 2.45) is 5.92 Å². The second-order valence-electron chi connectivity index (χ2n) is 7.30. The average molecular weight is 351 g/mol. The maximum absolute atomic E-state index is 12.0. The summed E-state index contributed by atoms with van der Waals surface area (Å²) in [7, 11) is 1.34. The van der Waals surface area contributed by atoms with Gasteiger partial charge in [-0.25, -0.2) is 9.59 Å². The van der Waals surface area contributed by atoms with Gasteiger partial charge in [0.05, 0.1) is 18.7 Å². The van der Waals surface area contributed by atoms with Crippen LogP contribution in [0.1, 0.15) is 51.4 Å². The van der Waals surface area contributed by atoms with Gasteiger partial charge in [-0.1, -0.05) is 13.8 Å². The minimum Gasteiger partial charge on any atom is -0.491 e. The number of hydrogen-bond acceptors (Lipinski definition) is 5. The van der Waals surface area contributed by atoms with E-state index >= 15 is 0 Å². The van der Waals surface area contributed by atoms with E-state index in [0.29, 0.717) is 23.8 Å². The Labute approximate surface area is 149 Å². The Morgan fingerprint density at radius 3 is 2.20 bits per heavy atom. The van der Waals surface area contributed by atoms with E-state index < -0.39 is 17.7 Å². The van der Waals surface area contributed by atoms with E-state index in [4.69, 9.17) is 9.47 Å². The van der Waals surface area contributed by atoms with E-state index in [1.807, 2.05) is 20.8 Å². The Morgan fingerprint density at radius 2 is 1.72 bits per heavy atom. The molecule has 0 aromatic heterocycles. The highest BCUT2D eigenvalue weighted by molar-refractivity contribution is 5.89. The highest BCUT2D eigenvalue weighted by Crippen LogP contribution is 2.15. The minimum atomic E-state index is -0.545. The third-order valence-electron chi connectivity index (χ3n) is 3.20. The monoisotopic (exact) mass is 351 g/mol. The Hall–Kier alpha value is -2.24. The normalized spacial score (nSPS) is 12.4. The van der Waals surface area contributed by atoms with Crippen LogP contribution in [0.2, 0.25) is 0 Å². The van der Waals surface area contributed by atoms with Gasteiger partial charge in [-0.05, 0) is 57.4 Å². The standard InChI is InChI=1S/C19H29NO5/c1-13(2)11-15(20-18(22)25-19(3,4)5)12-24-16-9-7-14(8-10-16)17(21)23-6/h7-10,13,15H,11-12H2,1-6H3,(H,20,22)/t15-/m1/s1. The second-order valence-corrected chi connectivity index (χ2v) is 7.30. The molecule has 0 radical (unpaired) electrons. The van der Waals surface area contributed by atoms with E-state index in [-0.39, 0.29) is 6.04 Å². The first kappa shape index (κ1) is 20.8. The number of esters is 1. The molecule has 1 amide bonds. The van der Waals surface area contributed by atoms with Crippen molar-refractivity contribution in [1.82, 2.24) is 5.32 Å². The summed E-state index contributed by atoms with van der Waals surface area (Å²) in [5, 5.41) is 2.85. The molecule has 0 aliphatic heterocycles. The highest BCUT2D eigenvalue weighted by Gasteiger charge is 2.20. The lowest BCUT2D eigenvalue weighted by atomic mass is 10.0. The fraction of sp³-hybridized carbons (Fsp3) is 0.579. The number of amides is 1. The van der Waals surface area contributed by atoms with Gasteiger partial charge in [0.1, 0.15) is 18.0 Å². The Bertz CT molecular complexity index is 560. The summed E-state index contributed by atoms with van der Waals surface area (Å²) in [5.41, 5.74) is -0.0858. The van der Waals surface area contributed by atoms with Gasteiger partial charge in [0.2, 0.25) is 0 Å². The molecule has 0 aliphatic rings. The summed E-state index contributed by atoms with van der Waals surface area (Å²) < 4.78 is 15.7. The van der Waals surface area contributed by atoms with Gasteiger partial charge in [0.15, 0.2) is 0 Å². The van der Waals surface area contributed by atoms with Crippen LogP contribution in [0.3, 0.4) is 0 Å². The van der Waals surface area contributed by atoms with Crippen LogP contribution in [-0.2, 0) is 9.47 Å². The van der Waals surface area contributed by atoms with Crippen LogP contribution < -0.4 is 10.1 Å². The van der Waals surface area contributed by atoms with Crippen molar-refractivity contribution in [2.45, 2.75) is 52.7 Å². The second kappa shape index (κ2) is 9.30. The first-order chi connectivity index (χ1) is 11.6. The van der Waals surface area contributed by atoms with Crippen molar-refractivity contribution in [3.8, 4) is 5.75 Å². The van der Waals surface area contributed by atoms with E-state index in [2.05, 4.69) is 23.9 Å². The van der Waals surface area contributed by atoms with E-state index in [0.717, 1.165) is 6.42 Å². The fourth-order valence-electron chi connectivity index (χ4n) is 2.21. The summed E-state index contributed by atoms with van der Waals surface area (Å²) in [6.45, 7) is 9.94. The molecule has 1 aromatic rings. The lowest BCUT2D eigenvalue weighted by molar-refractivity contribution is 0.0479. The molecule has 0 fully saturated rings. The molecule has 0 unspecified atom stereocenters. The minimum absolute atomic E-state index is 0.171. The lowest BCUT2D eigenvalue weighted by Crippen LogP contribution is -2.42. The molecule has 1 rings (SSSR count). The predicted molar refractivity (Wildman–Crippen MR) is 95.9 cm³/mol. The maximum atomic E-state index is 12.0. The summed E-state index contributed by atoms with van der Waals surface area (Å²) >= 11 is 0. The first-order valence-corrected chi connectivity index (χ1v) is 8.41. The summed E-state index contributed by atoms with van der Waals surface area (Å²) in [6.07, 6.45) is 0.308. The van der Waals surface area contributed by atoms with Crippen molar-refractivity contribution >= 4 is 12.1 Å². The SMILES string of the molecule is COC(=O)c1ccc(OC[C@@H](CC(C)C)NC(=O)OC(C)(C)C)cc1. The molecule has 0 heterocycles. The Balaban J connectivity index is 2.63. The van der Waals surface area contributed by atoms with Gasteiger partial charge >= 0.3 is 12.1 Å². The summed E-state index contributed by atoms with van der Waals surface area (Å²) in [5.74, 6) is 0.619. The number of alkyl carbamates (subject to hydrolysis) is 1. The molecule has 25 heavy (non-hydrogen) atoms. The van der Waals surface area contributed by atoms with E-state index in [1.165, 1.54) is 7.11 Å². The molecular weight excluding hydrogens is 322 g/mol. The quantitative estimate of drug-likeness (QED) is 0.757. The van der Waals surface area contributed by atoms with Crippen LogP contribution in [0.5, 0.6) is 5.75 Å². The van der Waals surface area contributed by atoms with Crippen LogP contribution in [0.25, 0.3) is 0 Å². The predicted octanol–water partition coefficient (Wildman–Crippen LogP) is 3.79. The fourth-order valence-corrected chi connectivity index (χ4v) is 2.21. The number of hydrogen-bond donors (Lipinski definition) is 1. The molecule has 0 spiro atoms. The zero-order valence-corrected chi connectivity index (χ0v) is 15.9. The molecular formula is C19H29NO5. The highest BCUT2D eigenvalue weighted by atomic mass is 16.6. The van der Waals surface area contributed by atoms with Crippen LogP contribution >= 0.6 is 0 Å². The smallest absolute Gasteiger partial charge is 0.407 e. The average Bonchev–Trinajstić information content (AvgIpc) is 2.50. The maximum Gasteiger partial charge on any atom is 0.407 e.